The molecule has 37 heavy (non-hydrogen) atoms. The van der Waals surface area contributed by atoms with E-state index >= 15 is 0 Å². The van der Waals surface area contributed by atoms with Crippen molar-refractivity contribution in [1.82, 2.24) is 4.57 Å². The molecule has 0 bridgehead atoms. The van der Waals surface area contributed by atoms with Gasteiger partial charge in [0.15, 0.2) is 16.3 Å². The molecule has 1 aliphatic heterocycles. The van der Waals surface area contributed by atoms with Gasteiger partial charge in [-0.05, 0) is 73.5 Å². The summed E-state index contributed by atoms with van der Waals surface area (Å²) in [5.74, 6) is 0.339. The fraction of sp³-hybridized carbons (Fsp3) is 0.296. The zero-order valence-corrected chi connectivity index (χ0v) is 23.3. The van der Waals surface area contributed by atoms with Crippen molar-refractivity contribution in [2.45, 2.75) is 33.7 Å². The third kappa shape index (κ3) is 5.21. The quantitative estimate of drug-likeness (QED) is 0.399. The first-order chi connectivity index (χ1) is 17.8. The van der Waals surface area contributed by atoms with Gasteiger partial charge in [-0.1, -0.05) is 29.5 Å². The predicted molar refractivity (Wildman–Crippen MR) is 145 cm³/mol. The number of thiazole rings is 1. The second-order valence-corrected chi connectivity index (χ2v) is 9.92. The Morgan fingerprint density at radius 3 is 2.54 bits per heavy atom. The van der Waals surface area contributed by atoms with Gasteiger partial charge in [0.25, 0.3) is 5.56 Å². The van der Waals surface area contributed by atoms with Crippen LogP contribution in [-0.4, -0.2) is 35.5 Å². The summed E-state index contributed by atoms with van der Waals surface area (Å²) in [5.41, 5.74) is 1.79. The van der Waals surface area contributed by atoms with Crippen LogP contribution in [0.2, 0.25) is 0 Å². The van der Waals surface area contributed by atoms with E-state index in [0.29, 0.717) is 60.9 Å². The summed E-state index contributed by atoms with van der Waals surface area (Å²) in [5, 5.41) is 10.3. The molecule has 10 heteroatoms. The summed E-state index contributed by atoms with van der Waals surface area (Å²) in [6, 6.07) is 9.94. The first kappa shape index (κ1) is 26.7. The van der Waals surface area contributed by atoms with Gasteiger partial charge in [-0.2, -0.15) is 0 Å². The Morgan fingerprint density at radius 1 is 1.14 bits per heavy atom. The SMILES string of the molecule is CCOC(=O)C1=C(C)N=c2s/c(=C/c3cc(Br)c(O)c(OCC)c3)c(=O)n2[C@H]1c1ccccc1OCC. The number of hydrogen-bond acceptors (Lipinski definition) is 8. The van der Waals surface area contributed by atoms with Crippen molar-refractivity contribution >= 4 is 39.3 Å². The summed E-state index contributed by atoms with van der Waals surface area (Å²) in [6.45, 7) is 8.17. The number of nitrogens with zero attached hydrogens (tertiary/aromatic N) is 2. The summed E-state index contributed by atoms with van der Waals surface area (Å²) >= 11 is 4.56. The number of esters is 1. The summed E-state index contributed by atoms with van der Waals surface area (Å²) in [6.07, 6.45) is 1.71. The average molecular weight is 587 g/mol. The summed E-state index contributed by atoms with van der Waals surface area (Å²) in [7, 11) is 0. The molecule has 8 nitrogen and oxygen atoms in total. The number of allylic oxidation sites excluding steroid dienone is 1. The maximum absolute atomic E-state index is 13.8. The molecule has 2 heterocycles. The number of hydrogen-bond donors (Lipinski definition) is 1. The number of aromatic hydroxyl groups is 1. The highest BCUT2D eigenvalue weighted by molar-refractivity contribution is 9.10. The number of phenols is 1. The van der Waals surface area contributed by atoms with Gasteiger partial charge in [0.05, 0.1) is 40.1 Å². The smallest absolute Gasteiger partial charge is 0.338 e. The number of phenolic OH excluding ortho intramolecular Hbond substituents is 1. The zero-order valence-electron chi connectivity index (χ0n) is 20.9. The molecule has 0 spiro atoms. The van der Waals surface area contributed by atoms with Crippen LogP contribution in [-0.2, 0) is 9.53 Å². The van der Waals surface area contributed by atoms with Crippen LogP contribution in [0.3, 0.4) is 0 Å². The van der Waals surface area contributed by atoms with E-state index < -0.39 is 12.0 Å². The van der Waals surface area contributed by atoms with Crippen molar-refractivity contribution in [3.8, 4) is 17.2 Å². The van der Waals surface area contributed by atoms with Gasteiger partial charge in [0.2, 0.25) is 0 Å². The molecule has 1 aliphatic rings. The van der Waals surface area contributed by atoms with Crippen LogP contribution in [0.15, 0.2) is 61.9 Å². The molecule has 0 fully saturated rings. The first-order valence-corrected chi connectivity index (χ1v) is 13.5. The molecule has 0 saturated heterocycles. The van der Waals surface area contributed by atoms with Crippen molar-refractivity contribution in [3.05, 3.63) is 83.0 Å². The summed E-state index contributed by atoms with van der Waals surface area (Å²) < 4.78 is 19.1. The first-order valence-electron chi connectivity index (χ1n) is 11.9. The monoisotopic (exact) mass is 586 g/mol. The largest absolute Gasteiger partial charge is 0.503 e. The third-order valence-corrected chi connectivity index (χ3v) is 7.27. The van der Waals surface area contributed by atoms with Crippen molar-refractivity contribution in [3.63, 3.8) is 0 Å². The molecule has 2 aromatic carbocycles. The third-order valence-electron chi connectivity index (χ3n) is 5.68. The lowest BCUT2D eigenvalue weighted by Gasteiger charge is -2.26. The Balaban J connectivity index is 1.97. The Morgan fingerprint density at radius 2 is 1.84 bits per heavy atom. The lowest BCUT2D eigenvalue weighted by Crippen LogP contribution is -2.40. The highest BCUT2D eigenvalue weighted by atomic mass is 79.9. The molecule has 0 amide bonds. The van der Waals surface area contributed by atoms with E-state index in [1.807, 2.05) is 38.1 Å². The molecule has 1 atom stereocenters. The predicted octanol–water partition coefficient (Wildman–Crippen LogP) is 4.06. The molecule has 3 aromatic rings. The number of para-hydroxylation sites is 1. The van der Waals surface area contributed by atoms with Crippen LogP contribution in [0.4, 0.5) is 0 Å². The Bertz CT molecular complexity index is 1560. The fourth-order valence-electron chi connectivity index (χ4n) is 4.17. The molecule has 0 unspecified atom stereocenters. The molecule has 1 aromatic heterocycles. The number of carbonyl (C=O) groups excluding carboxylic acids is 1. The number of halogens is 1. The number of ether oxygens (including phenoxy) is 3. The van der Waals surface area contributed by atoms with Gasteiger partial charge in [-0.25, -0.2) is 9.79 Å². The number of carbonyl (C=O) groups is 1. The van der Waals surface area contributed by atoms with Crippen LogP contribution in [0.1, 0.15) is 44.9 Å². The second-order valence-electron chi connectivity index (χ2n) is 8.06. The van der Waals surface area contributed by atoms with E-state index in [-0.39, 0.29) is 17.9 Å². The van der Waals surface area contributed by atoms with Gasteiger partial charge in [0, 0.05) is 5.56 Å². The lowest BCUT2D eigenvalue weighted by atomic mass is 9.95. The molecule has 1 N–H and O–H groups in total. The standard InChI is InChI=1S/C27H27BrN2O6S/c1-5-34-19-11-9-8-10-17(19)23-22(26(33)36-7-3)15(4)29-27-30(23)25(32)21(37-27)14-16-12-18(28)24(31)20(13-16)35-6-2/h8-14,23,31H,5-7H2,1-4H3/b21-14+/t23-/m0/s1. The number of fused-ring (bicyclic) bond motifs is 1. The van der Waals surface area contributed by atoms with E-state index in [4.69, 9.17) is 14.2 Å². The van der Waals surface area contributed by atoms with Gasteiger partial charge < -0.3 is 19.3 Å². The van der Waals surface area contributed by atoms with Gasteiger partial charge >= 0.3 is 5.97 Å². The molecule has 4 rings (SSSR count). The minimum absolute atomic E-state index is 0.0114. The second kappa shape index (κ2) is 11.4. The van der Waals surface area contributed by atoms with Crippen LogP contribution >= 0.6 is 27.3 Å². The minimum atomic E-state index is -0.772. The molecule has 0 aliphatic carbocycles. The zero-order chi connectivity index (χ0) is 26.7. The van der Waals surface area contributed by atoms with Crippen molar-refractivity contribution in [1.29, 1.82) is 0 Å². The molecular formula is C27H27BrN2O6S. The highest BCUT2D eigenvalue weighted by Crippen LogP contribution is 2.37. The van der Waals surface area contributed by atoms with E-state index in [1.165, 1.54) is 15.9 Å². The summed E-state index contributed by atoms with van der Waals surface area (Å²) in [4.78, 5) is 32.0. The Kier molecular flexibility index (Phi) is 8.19. The number of aromatic nitrogens is 1. The van der Waals surface area contributed by atoms with Crippen LogP contribution in [0.25, 0.3) is 6.08 Å². The van der Waals surface area contributed by atoms with Crippen molar-refractivity contribution < 1.29 is 24.1 Å². The molecule has 0 radical (unpaired) electrons. The van der Waals surface area contributed by atoms with E-state index in [2.05, 4.69) is 20.9 Å². The average Bonchev–Trinajstić information content (AvgIpc) is 3.16. The normalized spacial score (nSPS) is 15.3. The van der Waals surface area contributed by atoms with E-state index in [9.17, 15) is 14.7 Å². The van der Waals surface area contributed by atoms with Gasteiger partial charge in [-0.15, -0.1) is 0 Å². The van der Waals surface area contributed by atoms with E-state index in [1.54, 1.807) is 32.1 Å². The fourth-order valence-corrected chi connectivity index (χ4v) is 5.68. The molecule has 0 saturated carbocycles. The lowest BCUT2D eigenvalue weighted by molar-refractivity contribution is -0.139. The van der Waals surface area contributed by atoms with Crippen LogP contribution in [0, 0.1) is 0 Å². The Hall–Kier alpha value is -3.37. The Labute approximate surface area is 226 Å². The van der Waals surface area contributed by atoms with Crippen LogP contribution < -0.4 is 24.4 Å². The van der Waals surface area contributed by atoms with Gasteiger partial charge in [-0.3, -0.25) is 9.36 Å². The van der Waals surface area contributed by atoms with Gasteiger partial charge in [0.1, 0.15) is 11.8 Å². The maximum Gasteiger partial charge on any atom is 0.338 e. The highest BCUT2D eigenvalue weighted by Gasteiger charge is 2.35. The van der Waals surface area contributed by atoms with Crippen LogP contribution in [0.5, 0.6) is 17.2 Å². The topological polar surface area (TPSA) is 99.4 Å². The van der Waals surface area contributed by atoms with E-state index in [0.717, 1.165) is 0 Å². The number of rotatable bonds is 8. The molecular weight excluding hydrogens is 560 g/mol. The minimum Gasteiger partial charge on any atom is -0.503 e. The number of benzene rings is 2. The van der Waals surface area contributed by atoms with Crippen molar-refractivity contribution in [2.75, 3.05) is 19.8 Å². The molecule has 194 valence electrons. The maximum atomic E-state index is 13.8. The van der Waals surface area contributed by atoms with Crippen molar-refractivity contribution in [2.24, 2.45) is 4.99 Å².